The minimum Gasteiger partial charge on any atom is -0.330 e. The van der Waals surface area contributed by atoms with E-state index in [4.69, 9.17) is 22.6 Å². The van der Waals surface area contributed by atoms with Crippen LogP contribution >= 0.6 is 24.0 Å². The van der Waals surface area contributed by atoms with Crippen molar-refractivity contribution in [3.05, 3.63) is 34.3 Å². The molecule has 0 radical (unpaired) electrons. The molecule has 0 bridgehead atoms. The molecule has 0 saturated carbocycles. The van der Waals surface area contributed by atoms with E-state index in [2.05, 4.69) is 6.07 Å². The molecule has 4 heteroatoms. The van der Waals surface area contributed by atoms with Crippen LogP contribution in [0.4, 0.5) is 0 Å². The zero-order valence-electron chi connectivity index (χ0n) is 9.46. The van der Waals surface area contributed by atoms with E-state index in [1.165, 1.54) is 0 Å². The summed E-state index contributed by atoms with van der Waals surface area (Å²) in [5.41, 5.74) is 6.90. The number of hydrogen-bond acceptors (Lipinski definition) is 2. The fourth-order valence-electron chi connectivity index (χ4n) is 1.45. The third-order valence-electron chi connectivity index (χ3n) is 2.42. The lowest BCUT2D eigenvalue weighted by atomic mass is 9.86. The molecule has 2 N–H and O–H groups in total. The highest BCUT2D eigenvalue weighted by atomic mass is 35.5. The quantitative estimate of drug-likeness (QED) is 0.906. The van der Waals surface area contributed by atoms with Crippen molar-refractivity contribution in [3.8, 4) is 6.07 Å². The second-order valence-electron chi connectivity index (χ2n) is 4.09. The second kappa shape index (κ2) is 6.10. The molecule has 0 unspecified atom stereocenters. The van der Waals surface area contributed by atoms with Crippen molar-refractivity contribution in [2.24, 2.45) is 5.73 Å². The van der Waals surface area contributed by atoms with Crippen LogP contribution in [0.3, 0.4) is 0 Å². The molecule has 0 atom stereocenters. The standard InChI is InChI=1S/C12H15ClN2.ClH/c1-12(2,8-15)10-4-3-9(5-6-14)7-11(10)13;/h3-4,7H,5-6,14H2,1-2H3;1H. The lowest BCUT2D eigenvalue weighted by Gasteiger charge is -2.18. The van der Waals surface area contributed by atoms with Gasteiger partial charge in [0.05, 0.1) is 11.5 Å². The normalized spacial score (nSPS) is 10.4. The number of halogens is 2. The Balaban J connectivity index is 0.00000225. The smallest absolute Gasteiger partial charge is 0.0780 e. The summed E-state index contributed by atoms with van der Waals surface area (Å²) in [7, 11) is 0. The summed E-state index contributed by atoms with van der Waals surface area (Å²) < 4.78 is 0. The first-order chi connectivity index (χ1) is 7.01. The number of benzene rings is 1. The fraction of sp³-hybridized carbons (Fsp3) is 0.417. The molecule has 88 valence electrons. The molecule has 0 spiro atoms. The van der Waals surface area contributed by atoms with Gasteiger partial charge in [-0.1, -0.05) is 23.7 Å². The van der Waals surface area contributed by atoms with Gasteiger partial charge in [-0.05, 0) is 44.0 Å². The molecule has 0 heterocycles. The predicted molar refractivity (Wildman–Crippen MR) is 70.1 cm³/mol. The monoisotopic (exact) mass is 258 g/mol. The van der Waals surface area contributed by atoms with Crippen molar-refractivity contribution in [1.29, 1.82) is 5.26 Å². The first kappa shape index (κ1) is 15.2. The molecule has 0 aromatic heterocycles. The third kappa shape index (κ3) is 3.38. The number of nitriles is 1. The molecule has 0 saturated heterocycles. The van der Waals surface area contributed by atoms with Gasteiger partial charge in [-0.3, -0.25) is 0 Å². The largest absolute Gasteiger partial charge is 0.330 e. The first-order valence-electron chi connectivity index (χ1n) is 4.91. The van der Waals surface area contributed by atoms with Gasteiger partial charge in [-0.25, -0.2) is 0 Å². The SMILES string of the molecule is CC(C)(C#N)c1ccc(CCN)cc1Cl.Cl. The van der Waals surface area contributed by atoms with E-state index in [9.17, 15) is 0 Å². The van der Waals surface area contributed by atoms with Gasteiger partial charge in [0.25, 0.3) is 0 Å². The molecular formula is C12H16Cl2N2. The Morgan fingerprint density at radius 1 is 1.44 bits per heavy atom. The summed E-state index contributed by atoms with van der Waals surface area (Å²) in [6.07, 6.45) is 0.812. The van der Waals surface area contributed by atoms with Crippen LogP contribution < -0.4 is 5.73 Å². The van der Waals surface area contributed by atoms with Gasteiger partial charge in [0.1, 0.15) is 0 Å². The second-order valence-corrected chi connectivity index (χ2v) is 4.50. The predicted octanol–water partition coefficient (Wildman–Crippen LogP) is 3.06. The Kier molecular flexibility index (Phi) is 5.81. The average Bonchev–Trinajstić information content (AvgIpc) is 2.18. The highest BCUT2D eigenvalue weighted by molar-refractivity contribution is 6.31. The van der Waals surface area contributed by atoms with Crippen LogP contribution in [-0.4, -0.2) is 6.54 Å². The van der Waals surface area contributed by atoms with E-state index in [1.54, 1.807) is 0 Å². The Morgan fingerprint density at radius 3 is 2.50 bits per heavy atom. The Labute approximate surface area is 108 Å². The van der Waals surface area contributed by atoms with Crippen molar-refractivity contribution in [2.75, 3.05) is 6.54 Å². The molecule has 1 aromatic rings. The van der Waals surface area contributed by atoms with Gasteiger partial charge in [0.15, 0.2) is 0 Å². The van der Waals surface area contributed by atoms with E-state index in [0.717, 1.165) is 17.5 Å². The van der Waals surface area contributed by atoms with Crippen LogP contribution in [0.1, 0.15) is 25.0 Å². The minimum atomic E-state index is -0.543. The maximum absolute atomic E-state index is 9.02. The molecular weight excluding hydrogens is 243 g/mol. The van der Waals surface area contributed by atoms with Crippen molar-refractivity contribution >= 4 is 24.0 Å². The van der Waals surface area contributed by atoms with Gasteiger partial charge in [0.2, 0.25) is 0 Å². The van der Waals surface area contributed by atoms with Crippen LogP contribution in [0.2, 0.25) is 5.02 Å². The minimum absolute atomic E-state index is 0. The van der Waals surface area contributed by atoms with E-state index < -0.39 is 5.41 Å². The maximum atomic E-state index is 9.02. The average molecular weight is 259 g/mol. The van der Waals surface area contributed by atoms with Crippen LogP contribution in [0.25, 0.3) is 0 Å². The number of rotatable bonds is 3. The molecule has 0 aliphatic rings. The summed E-state index contributed by atoms with van der Waals surface area (Å²) in [6.45, 7) is 4.32. The summed E-state index contributed by atoms with van der Waals surface area (Å²) >= 11 is 6.14. The van der Waals surface area contributed by atoms with Crippen LogP contribution in [0, 0.1) is 11.3 Å². The highest BCUT2D eigenvalue weighted by Gasteiger charge is 2.22. The van der Waals surface area contributed by atoms with Gasteiger partial charge in [-0.15, -0.1) is 12.4 Å². The summed E-state index contributed by atoms with van der Waals surface area (Å²) in [6, 6.07) is 8.03. The number of nitrogens with two attached hydrogens (primary N) is 1. The van der Waals surface area contributed by atoms with Gasteiger partial charge in [0, 0.05) is 5.02 Å². The van der Waals surface area contributed by atoms with Crippen LogP contribution in [-0.2, 0) is 11.8 Å². The molecule has 1 rings (SSSR count). The van der Waals surface area contributed by atoms with Gasteiger partial charge in [-0.2, -0.15) is 5.26 Å². The zero-order valence-corrected chi connectivity index (χ0v) is 11.0. The lowest BCUT2D eigenvalue weighted by molar-refractivity contribution is 0.686. The third-order valence-corrected chi connectivity index (χ3v) is 2.73. The van der Waals surface area contributed by atoms with E-state index in [0.29, 0.717) is 11.6 Å². The van der Waals surface area contributed by atoms with Crippen molar-refractivity contribution in [3.63, 3.8) is 0 Å². The first-order valence-corrected chi connectivity index (χ1v) is 5.29. The van der Waals surface area contributed by atoms with Gasteiger partial charge < -0.3 is 5.73 Å². The van der Waals surface area contributed by atoms with Gasteiger partial charge >= 0.3 is 0 Å². The molecule has 1 aromatic carbocycles. The number of hydrogen-bond donors (Lipinski definition) is 1. The molecule has 0 fully saturated rings. The molecule has 0 aliphatic heterocycles. The molecule has 0 aliphatic carbocycles. The fourth-order valence-corrected chi connectivity index (χ4v) is 1.89. The van der Waals surface area contributed by atoms with Crippen molar-refractivity contribution < 1.29 is 0 Å². The Morgan fingerprint density at radius 2 is 2.06 bits per heavy atom. The molecule has 0 amide bonds. The summed E-state index contributed by atoms with van der Waals surface area (Å²) in [5.74, 6) is 0. The summed E-state index contributed by atoms with van der Waals surface area (Å²) in [4.78, 5) is 0. The van der Waals surface area contributed by atoms with Crippen molar-refractivity contribution in [2.45, 2.75) is 25.7 Å². The number of nitrogens with zero attached hydrogens (tertiary/aromatic N) is 1. The molecule has 2 nitrogen and oxygen atoms in total. The van der Waals surface area contributed by atoms with E-state index >= 15 is 0 Å². The zero-order chi connectivity index (χ0) is 11.5. The topological polar surface area (TPSA) is 49.8 Å². The Hall–Kier alpha value is -0.750. The highest BCUT2D eigenvalue weighted by Crippen LogP contribution is 2.29. The van der Waals surface area contributed by atoms with Crippen LogP contribution in [0.5, 0.6) is 0 Å². The lowest BCUT2D eigenvalue weighted by Crippen LogP contribution is -2.14. The van der Waals surface area contributed by atoms with Crippen LogP contribution in [0.15, 0.2) is 18.2 Å². The molecule has 16 heavy (non-hydrogen) atoms. The maximum Gasteiger partial charge on any atom is 0.0780 e. The van der Waals surface area contributed by atoms with E-state index in [-0.39, 0.29) is 12.4 Å². The van der Waals surface area contributed by atoms with Crippen molar-refractivity contribution in [1.82, 2.24) is 0 Å². The summed E-state index contributed by atoms with van der Waals surface area (Å²) in [5, 5.41) is 9.66. The van der Waals surface area contributed by atoms with E-state index in [1.807, 2.05) is 32.0 Å². The Bertz CT molecular complexity index is 394.